The van der Waals surface area contributed by atoms with Gasteiger partial charge in [0.15, 0.2) is 23.1 Å². The third-order valence-electron chi connectivity index (χ3n) is 5.74. The Morgan fingerprint density at radius 2 is 2.00 bits per heavy atom. The third kappa shape index (κ3) is 4.47. The van der Waals surface area contributed by atoms with Gasteiger partial charge in [0.1, 0.15) is 32.9 Å². The number of alkyl halides is 1. The molecule has 3 atom stereocenters. The summed E-state index contributed by atoms with van der Waals surface area (Å²) in [6.07, 6.45) is 2.89. The molecule has 1 aliphatic rings. The molecule has 4 heterocycles. The van der Waals surface area contributed by atoms with E-state index in [1.54, 1.807) is 24.2 Å². The molecule has 4 aromatic rings. The number of aromatic nitrogens is 6. The lowest BCUT2D eigenvalue weighted by molar-refractivity contribution is 0.0679. The highest BCUT2D eigenvalue weighted by atomic mass is 127. The maximum Gasteiger partial charge on any atom is 0.223 e. The highest BCUT2D eigenvalue weighted by molar-refractivity contribution is 14.1. The van der Waals surface area contributed by atoms with Gasteiger partial charge in [-0.25, -0.2) is 37.2 Å². The van der Waals surface area contributed by atoms with Crippen molar-refractivity contribution >= 4 is 56.1 Å². The Balaban J connectivity index is 1.50. The van der Waals surface area contributed by atoms with Crippen LogP contribution in [0.2, 0.25) is 0 Å². The zero-order chi connectivity index (χ0) is 25.1. The van der Waals surface area contributed by atoms with E-state index in [4.69, 9.17) is 5.73 Å². The number of anilines is 1. The number of piperidine rings is 1. The minimum atomic E-state index is -1.63. The summed E-state index contributed by atoms with van der Waals surface area (Å²) in [5, 5.41) is 15.1. The first-order valence-electron chi connectivity index (χ1n) is 10.7. The molecule has 0 bridgehead atoms. The first kappa shape index (κ1) is 24.3. The number of nitrogen functional groups attached to an aromatic ring is 1. The van der Waals surface area contributed by atoms with E-state index in [2.05, 4.69) is 47.6 Å². The molecule has 1 unspecified atom stereocenters. The zero-order valence-corrected chi connectivity index (χ0v) is 21.7. The average Bonchev–Trinajstić information content (AvgIpc) is 3.26. The molecule has 1 saturated heterocycles. The van der Waals surface area contributed by atoms with Crippen LogP contribution >= 0.6 is 22.6 Å². The molecule has 10 nitrogen and oxygen atoms in total. The van der Waals surface area contributed by atoms with E-state index in [1.165, 1.54) is 10.7 Å². The molecular weight excluding hydrogens is 593 g/mol. The molecule has 1 aliphatic heterocycles. The first-order chi connectivity index (χ1) is 16.5. The lowest BCUT2D eigenvalue weighted by Gasteiger charge is -2.34. The van der Waals surface area contributed by atoms with Crippen molar-refractivity contribution in [2.45, 2.75) is 47.3 Å². The minimum Gasteiger partial charge on any atom is -0.382 e. The number of halogens is 3. The van der Waals surface area contributed by atoms with E-state index in [1.807, 2.05) is 0 Å². The second kappa shape index (κ2) is 8.90. The van der Waals surface area contributed by atoms with Crippen LogP contribution in [0, 0.1) is 11.6 Å². The molecule has 5 rings (SSSR count). The summed E-state index contributed by atoms with van der Waals surface area (Å²) in [7, 11) is -1.63. The van der Waals surface area contributed by atoms with Gasteiger partial charge in [-0.2, -0.15) is 4.52 Å². The second-order valence-electron chi connectivity index (χ2n) is 8.79. The Labute approximate surface area is 214 Å². The van der Waals surface area contributed by atoms with Crippen LogP contribution in [0.15, 0.2) is 29.4 Å². The summed E-state index contributed by atoms with van der Waals surface area (Å²) in [5.74, 6) is -1.27. The van der Waals surface area contributed by atoms with Crippen LogP contribution in [0.3, 0.4) is 0 Å². The summed E-state index contributed by atoms with van der Waals surface area (Å²) in [6.45, 7) is 3.47. The number of benzene rings is 1. The Hall–Kier alpha value is -2.43. The number of aliphatic hydroxyl groups is 1. The topological polar surface area (TPSA) is 135 Å². The fraction of sp³-hybridized carbons (Fsp3) is 0.381. The lowest BCUT2D eigenvalue weighted by atomic mass is 9.99. The maximum atomic E-state index is 14.3. The van der Waals surface area contributed by atoms with Gasteiger partial charge in [0.05, 0.1) is 9.43 Å². The Morgan fingerprint density at radius 3 is 2.74 bits per heavy atom. The molecule has 0 aliphatic carbocycles. The molecule has 3 N–H and O–H groups in total. The van der Waals surface area contributed by atoms with Crippen molar-refractivity contribution < 1.29 is 18.1 Å². The average molecular weight is 614 g/mol. The summed E-state index contributed by atoms with van der Waals surface area (Å²) < 4.78 is 44.6. The van der Waals surface area contributed by atoms with Gasteiger partial charge in [-0.3, -0.25) is 0 Å². The van der Waals surface area contributed by atoms with Crippen LogP contribution in [0.4, 0.5) is 14.7 Å². The number of nitrogens with two attached hydrogens (primary N) is 1. The summed E-state index contributed by atoms with van der Waals surface area (Å²) in [4.78, 5) is 17.0. The standard InChI is InChI=1S/C21H21F2IN8O2S/c1-21(2,33)19-26-6-5-15(27-19)35(34)31-9-10(3-4-14(31)24)17-29-18-12-7-11(22)8-13(23)16(12)28-20(25)32(18)30-17/h5-8,10,14,33H,3-4,9H2,1-2H3,(H2,25,28)/t10-,14-,35?/m1/s1. The summed E-state index contributed by atoms with van der Waals surface area (Å²) >= 11 is 2.23. The molecule has 1 aromatic carbocycles. The smallest absolute Gasteiger partial charge is 0.223 e. The monoisotopic (exact) mass is 614 g/mol. The quantitative estimate of drug-likeness (QED) is 0.155. The Kier molecular flexibility index (Phi) is 6.17. The van der Waals surface area contributed by atoms with Crippen molar-refractivity contribution in [3.05, 3.63) is 47.7 Å². The highest BCUT2D eigenvalue weighted by Crippen LogP contribution is 2.34. The van der Waals surface area contributed by atoms with Gasteiger partial charge in [0, 0.05) is 24.7 Å². The summed E-state index contributed by atoms with van der Waals surface area (Å²) in [5.41, 5.74) is 4.84. The van der Waals surface area contributed by atoms with Crippen molar-refractivity contribution in [2.24, 2.45) is 0 Å². The van der Waals surface area contributed by atoms with Crippen LogP contribution in [0.25, 0.3) is 16.6 Å². The van der Waals surface area contributed by atoms with E-state index in [-0.39, 0.29) is 43.3 Å². The van der Waals surface area contributed by atoms with E-state index in [0.717, 1.165) is 12.1 Å². The first-order valence-corrected chi connectivity index (χ1v) is 13.1. The predicted molar refractivity (Wildman–Crippen MR) is 133 cm³/mol. The highest BCUT2D eigenvalue weighted by Gasteiger charge is 2.35. The lowest BCUT2D eigenvalue weighted by Crippen LogP contribution is -2.41. The maximum absolute atomic E-state index is 14.3. The normalized spacial score (nSPS) is 20.5. The van der Waals surface area contributed by atoms with Gasteiger partial charge >= 0.3 is 0 Å². The molecule has 14 heteroatoms. The van der Waals surface area contributed by atoms with Crippen molar-refractivity contribution in [3.8, 4) is 0 Å². The Bertz CT molecular complexity index is 1480. The largest absolute Gasteiger partial charge is 0.382 e. The number of fused-ring (bicyclic) bond motifs is 3. The van der Waals surface area contributed by atoms with Crippen molar-refractivity contribution in [2.75, 3.05) is 12.3 Å². The number of nitrogens with zero attached hydrogens (tertiary/aromatic N) is 7. The van der Waals surface area contributed by atoms with Gasteiger partial charge in [-0.1, -0.05) is 22.6 Å². The fourth-order valence-electron chi connectivity index (χ4n) is 3.99. The van der Waals surface area contributed by atoms with Crippen LogP contribution in [-0.4, -0.2) is 53.8 Å². The van der Waals surface area contributed by atoms with Gasteiger partial charge < -0.3 is 10.8 Å². The van der Waals surface area contributed by atoms with E-state index < -0.39 is 28.2 Å². The molecule has 1 fully saturated rings. The van der Waals surface area contributed by atoms with Crippen LogP contribution in [0.5, 0.6) is 0 Å². The van der Waals surface area contributed by atoms with Crippen LogP contribution in [-0.2, 0) is 16.6 Å². The van der Waals surface area contributed by atoms with Crippen molar-refractivity contribution in [1.82, 2.24) is 33.9 Å². The molecule has 3 aromatic heterocycles. The second-order valence-corrected chi connectivity index (χ2v) is 11.6. The van der Waals surface area contributed by atoms with E-state index in [9.17, 15) is 18.1 Å². The molecule has 184 valence electrons. The number of rotatable bonds is 4. The molecule has 0 amide bonds. The van der Waals surface area contributed by atoms with Gasteiger partial charge in [-0.05, 0) is 38.8 Å². The predicted octanol–water partition coefficient (Wildman–Crippen LogP) is 2.82. The van der Waals surface area contributed by atoms with Gasteiger partial charge in [0.25, 0.3) is 0 Å². The SMILES string of the molecule is CC(C)(O)c1nccc(S(=O)N2C[C@H](c3nc4c5cc(F)cc(F)c5nc(N)n4n3)CC[C@@H]2I)n1. The molecule has 35 heavy (non-hydrogen) atoms. The number of hydrogen-bond acceptors (Lipinski definition) is 8. The summed E-state index contributed by atoms with van der Waals surface area (Å²) in [6, 6.07) is 3.45. The van der Waals surface area contributed by atoms with Crippen LogP contribution in [0.1, 0.15) is 44.3 Å². The van der Waals surface area contributed by atoms with E-state index >= 15 is 0 Å². The molecule has 0 radical (unpaired) electrons. The number of hydrogen-bond donors (Lipinski definition) is 2. The minimum absolute atomic E-state index is 0.0435. The molecule has 0 spiro atoms. The van der Waals surface area contributed by atoms with Crippen molar-refractivity contribution in [3.63, 3.8) is 0 Å². The van der Waals surface area contributed by atoms with Gasteiger partial charge in [0.2, 0.25) is 5.95 Å². The Morgan fingerprint density at radius 1 is 1.23 bits per heavy atom. The third-order valence-corrected chi connectivity index (χ3v) is 8.82. The van der Waals surface area contributed by atoms with Crippen LogP contribution < -0.4 is 5.73 Å². The zero-order valence-electron chi connectivity index (χ0n) is 18.7. The van der Waals surface area contributed by atoms with E-state index in [0.29, 0.717) is 25.2 Å². The molecule has 0 saturated carbocycles. The fourth-order valence-corrected chi connectivity index (χ4v) is 6.41. The van der Waals surface area contributed by atoms with Gasteiger partial charge in [-0.15, -0.1) is 5.10 Å². The molecular formula is C21H21F2IN8O2S. The van der Waals surface area contributed by atoms with Crippen molar-refractivity contribution in [1.29, 1.82) is 0 Å².